The fourth-order valence-corrected chi connectivity index (χ4v) is 2.46. The van der Waals surface area contributed by atoms with E-state index >= 15 is 0 Å². The van der Waals surface area contributed by atoms with Gasteiger partial charge in [-0.05, 0) is 37.6 Å². The number of rotatable bonds is 8. The number of ether oxygens (including phenoxy) is 2. The van der Waals surface area contributed by atoms with Crippen LogP contribution in [0, 0.1) is 0 Å². The second kappa shape index (κ2) is 9.37. The molecule has 0 aliphatic carbocycles. The lowest BCUT2D eigenvalue weighted by Crippen LogP contribution is -2.38. The maximum Gasteiger partial charge on any atom is 0.251 e. The highest BCUT2D eigenvalue weighted by Gasteiger charge is 2.11. The lowest BCUT2D eigenvalue weighted by Gasteiger charge is -2.26. The van der Waals surface area contributed by atoms with Crippen molar-refractivity contribution in [3.8, 4) is 5.75 Å². The molecular formula is C17H27N3O3. The number of nitrogens with one attached hydrogen (secondary N) is 1. The first-order chi connectivity index (χ1) is 11.2. The number of hydrogen-bond acceptors (Lipinski definition) is 5. The van der Waals surface area contributed by atoms with E-state index in [9.17, 15) is 4.79 Å². The standard InChI is InChI=1S/C17H27N3O3/c1-2-10-23-16-5-4-14(13-15(16)18)17(21)19-6-3-7-20-8-11-22-12-9-20/h4-5,13H,2-3,6-12,18H2,1H3,(H,19,21). The first kappa shape index (κ1) is 17.6. The molecule has 0 bridgehead atoms. The third-order valence-electron chi connectivity index (χ3n) is 3.77. The molecular weight excluding hydrogens is 294 g/mol. The molecule has 2 rings (SSSR count). The summed E-state index contributed by atoms with van der Waals surface area (Å²) in [6, 6.07) is 5.18. The first-order valence-electron chi connectivity index (χ1n) is 8.31. The molecule has 1 aromatic carbocycles. The molecule has 1 aromatic rings. The van der Waals surface area contributed by atoms with Gasteiger partial charge in [0, 0.05) is 25.2 Å². The fourth-order valence-electron chi connectivity index (χ4n) is 2.46. The van der Waals surface area contributed by atoms with Crippen LogP contribution in [0.4, 0.5) is 5.69 Å². The van der Waals surface area contributed by atoms with Crippen molar-refractivity contribution >= 4 is 11.6 Å². The zero-order chi connectivity index (χ0) is 16.5. The van der Waals surface area contributed by atoms with E-state index in [0.717, 1.165) is 45.7 Å². The van der Waals surface area contributed by atoms with Gasteiger partial charge in [0.15, 0.2) is 0 Å². The Morgan fingerprint density at radius 3 is 2.87 bits per heavy atom. The molecule has 0 unspecified atom stereocenters. The van der Waals surface area contributed by atoms with Crippen molar-refractivity contribution in [1.29, 1.82) is 0 Å². The van der Waals surface area contributed by atoms with Crippen LogP contribution < -0.4 is 15.8 Å². The maximum absolute atomic E-state index is 12.1. The zero-order valence-corrected chi connectivity index (χ0v) is 13.8. The SMILES string of the molecule is CCCOc1ccc(C(=O)NCCCN2CCOCC2)cc1N. The quantitative estimate of drug-likeness (QED) is 0.561. The summed E-state index contributed by atoms with van der Waals surface area (Å²) in [4.78, 5) is 14.5. The minimum atomic E-state index is -0.0966. The van der Waals surface area contributed by atoms with Crippen LogP contribution in [-0.4, -0.2) is 56.8 Å². The molecule has 6 nitrogen and oxygen atoms in total. The topological polar surface area (TPSA) is 76.8 Å². The van der Waals surface area contributed by atoms with Crippen LogP contribution in [0.25, 0.3) is 0 Å². The molecule has 6 heteroatoms. The second-order valence-corrected chi connectivity index (χ2v) is 5.66. The van der Waals surface area contributed by atoms with Gasteiger partial charge in [0.2, 0.25) is 0 Å². The van der Waals surface area contributed by atoms with Crippen LogP contribution >= 0.6 is 0 Å². The van der Waals surface area contributed by atoms with E-state index in [1.807, 2.05) is 6.92 Å². The highest BCUT2D eigenvalue weighted by molar-refractivity contribution is 5.95. The van der Waals surface area contributed by atoms with Crippen molar-refractivity contribution in [2.75, 3.05) is 51.7 Å². The number of benzene rings is 1. The Labute approximate surface area is 137 Å². The Hall–Kier alpha value is -1.79. The largest absolute Gasteiger partial charge is 0.491 e. The van der Waals surface area contributed by atoms with Gasteiger partial charge in [-0.15, -0.1) is 0 Å². The van der Waals surface area contributed by atoms with Crippen molar-refractivity contribution in [3.05, 3.63) is 23.8 Å². The maximum atomic E-state index is 12.1. The van der Waals surface area contributed by atoms with Crippen molar-refractivity contribution < 1.29 is 14.3 Å². The minimum Gasteiger partial charge on any atom is -0.491 e. The lowest BCUT2D eigenvalue weighted by atomic mass is 10.1. The van der Waals surface area contributed by atoms with Crippen molar-refractivity contribution in [2.24, 2.45) is 0 Å². The Balaban J connectivity index is 1.73. The number of morpholine rings is 1. The van der Waals surface area contributed by atoms with Crippen LogP contribution in [0.1, 0.15) is 30.1 Å². The summed E-state index contributed by atoms with van der Waals surface area (Å²) in [6.07, 6.45) is 1.85. The van der Waals surface area contributed by atoms with Crippen molar-refractivity contribution in [1.82, 2.24) is 10.2 Å². The normalized spacial score (nSPS) is 15.3. The molecule has 0 saturated carbocycles. The number of carbonyl (C=O) groups excluding carboxylic acids is 1. The van der Waals surface area contributed by atoms with E-state index in [1.54, 1.807) is 18.2 Å². The number of hydrogen-bond donors (Lipinski definition) is 2. The average molecular weight is 321 g/mol. The molecule has 1 fully saturated rings. The van der Waals surface area contributed by atoms with Gasteiger partial charge < -0.3 is 20.5 Å². The Morgan fingerprint density at radius 2 is 2.17 bits per heavy atom. The predicted molar refractivity (Wildman–Crippen MR) is 90.8 cm³/mol. The molecule has 1 amide bonds. The molecule has 0 atom stereocenters. The van der Waals surface area contributed by atoms with E-state index in [1.165, 1.54) is 0 Å². The van der Waals surface area contributed by atoms with E-state index in [2.05, 4.69) is 10.2 Å². The molecule has 0 aromatic heterocycles. The lowest BCUT2D eigenvalue weighted by molar-refractivity contribution is 0.0374. The molecule has 0 radical (unpaired) electrons. The summed E-state index contributed by atoms with van der Waals surface area (Å²) in [5.74, 6) is 0.538. The number of amides is 1. The fraction of sp³-hybridized carbons (Fsp3) is 0.588. The van der Waals surface area contributed by atoms with Crippen LogP contribution in [0.3, 0.4) is 0 Å². The summed E-state index contributed by atoms with van der Waals surface area (Å²) >= 11 is 0. The highest BCUT2D eigenvalue weighted by Crippen LogP contribution is 2.22. The van der Waals surface area contributed by atoms with Gasteiger partial charge >= 0.3 is 0 Å². The smallest absolute Gasteiger partial charge is 0.251 e. The first-order valence-corrected chi connectivity index (χ1v) is 8.31. The van der Waals surface area contributed by atoms with Gasteiger partial charge in [0.25, 0.3) is 5.91 Å². The summed E-state index contributed by atoms with van der Waals surface area (Å²) < 4.78 is 10.8. The Kier molecular flexibility index (Phi) is 7.16. The Morgan fingerprint density at radius 1 is 1.39 bits per heavy atom. The summed E-state index contributed by atoms with van der Waals surface area (Å²) in [6.45, 7) is 7.86. The number of nitrogen functional groups attached to an aromatic ring is 1. The Bertz CT molecular complexity index is 502. The van der Waals surface area contributed by atoms with E-state index in [0.29, 0.717) is 30.2 Å². The van der Waals surface area contributed by atoms with Gasteiger partial charge in [-0.2, -0.15) is 0 Å². The molecule has 1 aliphatic heterocycles. The number of nitrogens with two attached hydrogens (primary N) is 1. The number of carbonyl (C=O) groups is 1. The highest BCUT2D eigenvalue weighted by atomic mass is 16.5. The van der Waals surface area contributed by atoms with Gasteiger partial charge in [0.1, 0.15) is 5.75 Å². The third kappa shape index (κ3) is 5.73. The van der Waals surface area contributed by atoms with Crippen molar-refractivity contribution in [3.63, 3.8) is 0 Å². The monoisotopic (exact) mass is 321 g/mol. The molecule has 0 spiro atoms. The summed E-state index contributed by atoms with van der Waals surface area (Å²) in [5, 5.41) is 2.94. The zero-order valence-electron chi connectivity index (χ0n) is 13.8. The van der Waals surface area contributed by atoms with Crippen molar-refractivity contribution in [2.45, 2.75) is 19.8 Å². The van der Waals surface area contributed by atoms with Crippen LogP contribution in [0.2, 0.25) is 0 Å². The number of anilines is 1. The second-order valence-electron chi connectivity index (χ2n) is 5.66. The molecule has 1 heterocycles. The van der Waals surface area contributed by atoms with E-state index in [4.69, 9.17) is 15.2 Å². The number of nitrogens with zero attached hydrogens (tertiary/aromatic N) is 1. The van der Waals surface area contributed by atoms with E-state index in [-0.39, 0.29) is 5.91 Å². The molecule has 128 valence electrons. The average Bonchev–Trinajstić information content (AvgIpc) is 2.58. The molecule has 3 N–H and O–H groups in total. The van der Waals surface area contributed by atoms with Crippen LogP contribution in [-0.2, 0) is 4.74 Å². The van der Waals surface area contributed by atoms with Gasteiger partial charge in [-0.1, -0.05) is 6.92 Å². The van der Waals surface area contributed by atoms with Gasteiger partial charge in [0.05, 0.1) is 25.5 Å². The van der Waals surface area contributed by atoms with Gasteiger partial charge in [-0.25, -0.2) is 0 Å². The van der Waals surface area contributed by atoms with Crippen LogP contribution in [0.15, 0.2) is 18.2 Å². The predicted octanol–water partition coefficient (Wildman–Crippen LogP) is 1.51. The molecule has 1 aliphatic rings. The minimum absolute atomic E-state index is 0.0966. The van der Waals surface area contributed by atoms with E-state index < -0.39 is 0 Å². The molecule has 23 heavy (non-hydrogen) atoms. The van der Waals surface area contributed by atoms with Crippen LogP contribution in [0.5, 0.6) is 5.75 Å². The summed E-state index contributed by atoms with van der Waals surface area (Å²) in [5.41, 5.74) is 7.00. The third-order valence-corrected chi connectivity index (χ3v) is 3.77. The van der Waals surface area contributed by atoms with Gasteiger partial charge in [-0.3, -0.25) is 9.69 Å². The summed E-state index contributed by atoms with van der Waals surface area (Å²) in [7, 11) is 0. The molecule has 1 saturated heterocycles.